The Morgan fingerprint density at radius 1 is 0.545 bits per heavy atom. The summed E-state index contributed by atoms with van der Waals surface area (Å²) in [5.74, 6) is 0.443. The molecule has 0 fully saturated rings. The van der Waals surface area contributed by atoms with Crippen molar-refractivity contribution in [2.24, 2.45) is 0 Å². The molecule has 2 heteroatoms. The van der Waals surface area contributed by atoms with E-state index < -0.39 is 0 Å². The van der Waals surface area contributed by atoms with E-state index in [0.29, 0.717) is 0 Å². The average molecular weight is 331 g/mol. The fourth-order valence-corrected chi connectivity index (χ4v) is 5.45. The maximum Gasteiger partial charge on any atom is 0.0618 e. The molecule has 0 saturated heterocycles. The third kappa shape index (κ3) is 1.66. The fraction of sp³-hybridized carbons (Fsp3) is 0.400. The topological polar surface area (TPSA) is 0 Å². The zero-order valence-electron chi connectivity index (χ0n) is 13.4. The second-order valence-electron chi connectivity index (χ2n) is 6.90. The first-order chi connectivity index (χ1) is 10.4. The molecule has 0 amide bonds. The molecule has 0 unspecified atom stereocenters. The molecular formula is C20H20Cl2. The molecule has 0 radical (unpaired) electrons. The zero-order chi connectivity index (χ0) is 15.8. The molecule has 0 saturated carbocycles. The van der Waals surface area contributed by atoms with Crippen molar-refractivity contribution < 1.29 is 0 Å². The van der Waals surface area contributed by atoms with Crippen LogP contribution in [-0.4, -0.2) is 10.8 Å². The molecule has 0 heterocycles. The number of aryl methyl sites for hydroxylation is 4. The number of rotatable bonds is 0. The SMILES string of the molecule is Cc1ccc(C)c2c1C1c3c(C)ccc(C)c3C2[C@@H](Cl)[C@@H]1Cl. The van der Waals surface area contributed by atoms with Crippen molar-refractivity contribution in [2.45, 2.75) is 50.3 Å². The summed E-state index contributed by atoms with van der Waals surface area (Å²) in [6.45, 7) is 8.82. The van der Waals surface area contributed by atoms with Crippen LogP contribution < -0.4 is 0 Å². The number of halogens is 2. The van der Waals surface area contributed by atoms with Gasteiger partial charge >= 0.3 is 0 Å². The minimum atomic E-state index is -0.0346. The number of alkyl halides is 2. The second kappa shape index (κ2) is 4.76. The fourth-order valence-electron chi connectivity index (χ4n) is 4.65. The molecule has 5 rings (SSSR count). The normalized spacial score (nSPS) is 28.5. The Labute approximate surface area is 142 Å². The van der Waals surface area contributed by atoms with E-state index in [2.05, 4.69) is 52.0 Å². The van der Waals surface area contributed by atoms with Crippen LogP contribution in [0.3, 0.4) is 0 Å². The molecule has 2 bridgehead atoms. The van der Waals surface area contributed by atoms with E-state index >= 15 is 0 Å². The minimum absolute atomic E-state index is 0.0346. The van der Waals surface area contributed by atoms with E-state index in [1.165, 1.54) is 44.5 Å². The third-order valence-electron chi connectivity index (χ3n) is 5.63. The third-order valence-corrected chi connectivity index (χ3v) is 6.81. The van der Waals surface area contributed by atoms with E-state index in [1.54, 1.807) is 0 Å². The largest absolute Gasteiger partial charge is 0.120 e. The van der Waals surface area contributed by atoms with Gasteiger partial charge in [0, 0.05) is 11.8 Å². The van der Waals surface area contributed by atoms with Crippen molar-refractivity contribution in [1.82, 2.24) is 0 Å². The monoisotopic (exact) mass is 330 g/mol. The van der Waals surface area contributed by atoms with Crippen molar-refractivity contribution in [1.29, 1.82) is 0 Å². The van der Waals surface area contributed by atoms with Gasteiger partial charge < -0.3 is 0 Å². The number of benzene rings is 2. The summed E-state index contributed by atoms with van der Waals surface area (Å²) >= 11 is 13.7. The van der Waals surface area contributed by atoms with Crippen molar-refractivity contribution in [2.75, 3.05) is 0 Å². The standard InChI is InChI=1S/C20H20Cl2/c1-9-5-6-10(2)14-13(9)17-15-11(3)7-8-12(4)16(15)18(14)20(22)19(17)21/h5-8,17-20H,1-4H3/t17?,18?,19-,20-/m1/s1. The Hall–Kier alpha value is -0.980. The first-order valence-electron chi connectivity index (χ1n) is 7.91. The minimum Gasteiger partial charge on any atom is -0.120 e. The van der Waals surface area contributed by atoms with E-state index in [1.807, 2.05) is 0 Å². The van der Waals surface area contributed by atoms with Crippen LogP contribution in [-0.2, 0) is 0 Å². The van der Waals surface area contributed by atoms with Gasteiger partial charge in [-0.3, -0.25) is 0 Å². The summed E-state index contributed by atoms with van der Waals surface area (Å²) in [4.78, 5) is 0. The number of fused-ring (bicyclic) bond motifs is 1. The van der Waals surface area contributed by atoms with Gasteiger partial charge in [0.15, 0.2) is 0 Å². The molecule has 0 aliphatic heterocycles. The average Bonchev–Trinajstić information content (AvgIpc) is 2.50. The van der Waals surface area contributed by atoms with Crippen molar-refractivity contribution in [3.63, 3.8) is 0 Å². The second-order valence-corrected chi connectivity index (χ2v) is 7.91. The Morgan fingerprint density at radius 3 is 1.00 bits per heavy atom. The van der Waals surface area contributed by atoms with Crippen molar-refractivity contribution in [3.05, 3.63) is 68.8 Å². The summed E-state index contributed by atoms with van der Waals surface area (Å²) in [6.07, 6.45) is 0. The van der Waals surface area contributed by atoms with E-state index in [4.69, 9.17) is 23.2 Å². The van der Waals surface area contributed by atoms with Crippen LogP contribution in [0, 0.1) is 27.7 Å². The van der Waals surface area contributed by atoms with E-state index in [9.17, 15) is 0 Å². The highest BCUT2D eigenvalue weighted by Crippen LogP contribution is 2.59. The van der Waals surface area contributed by atoms with Gasteiger partial charge in [0.2, 0.25) is 0 Å². The van der Waals surface area contributed by atoms with Crippen LogP contribution in [0.4, 0.5) is 0 Å². The van der Waals surface area contributed by atoms with Gasteiger partial charge in [0.1, 0.15) is 0 Å². The van der Waals surface area contributed by atoms with Crippen molar-refractivity contribution in [3.8, 4) is 0 Å². The Bertz CT molecular complexity index is 665. The lowest BCUT2D eigenvalue weighted by Crippen LogP contribution is -2.43. The van der Waals surface area contributed by atoms with Gasteiger partial charge in [0.25, 0.3) is 0 Å². The molecule has 0 nitrogen and oxygen atoms in total. The van der Waals surface area contributed by atoms with Gasteiger partial charge in [-0.25, -0.2) is 0 Å². The van der Waals surface area contributed by atoms with Crippen LogP contribution in [0.25, 0.3) is 0 Å². The molecule has 3 aliphatic carbocycles. The van der Waals surface area contributed by atoms with Gasteiger partial charge in [-0.05, 0) is 72.2 Å². The smallest absolute Gasteiger partial charge is 0.0618 e. The van der Waals surface area contributed by atoms with Gasteiger partial charge in [-0.2, -0.15) is 0 Å². The molecule has 2 atom stereocenters. The molecule has 2 aromatic rings. The lowest BCUT2D eigenvalue weighted by molar-refractivity contribution is 0.525. The predicted octanol–water partition coefficient (Wildman–Crippen LogP) is 5.73. The first-order valence-corrected chi connectivity index (χ1v) is 8.79. The first kappa shape index (κ1) is 14.6. The zero-order valence-corrected chi connectivity index (χ0v) is 14.9. The Morgan fingerprint density at radius 2 is 0.773 bits per heavy atom. The molecule has 114 valence electrons. The Kier molecular flexibility index (Phi) is 3.16. The van der Waals surface area contributed by atoms with Crippen molar-refractivity contribution >= 4 is 23.2 Å². The van der Waals surface area contributed by atoms with Crippen LogP contribution >= 0.6 is 23.2 Å². The van der Waals surface area contributed by atoms with E-state index in [0.717, 1.165) is 0 Å². The Balaban J connectivity index is 2.15. The van der Waals surface area contributed by atoms with Gasteiger partial charge in [-0.15, -0.1) is 23.2 Å². The summed E-state index contributed by atoms with van der Waals surface area (Å²) in [5.41, 5.74) is 11.1. The molecule has 0 N–H and O–H groups in total. The lowest BCUT2D eigenvalue weighted by Gasteiger charge is -2.49. The summed E-state index contributed by atoms with van der Waals surface area (Å²) in [7, 11) is 0. The molecule has 0 spiro atoms. The van der Waals surface area contributed by atoms with Gasteiger partial charge in [-0.1, -0.05) is 24.3 Å². The van der Waals surface area contributed by atoms with Crippen LogP contribution in [0.2, 0.25) is 0 Å². The highest BCUT2D eigenvalue weighted by atomic mass is 35.5. The quantitative estimate of drug-likeness (QED) is 0.541. The molecule has 22 heavy (non-hydrogen) atoms. The van der Waals surface area contributed by atoms with Crippen LogP contribution in [0.5, 0.6) is 0 Å². The molecule has 2 aromatic carbocycles. The van der Waals surface area contributed by atoms with Crippen LogP contribution in [0.1, 0.15) is 56.3 Å². The molecule has 3 aliphatic rings. The highest BCUT2D eigenvalue weighted by molar-refractivity contribution is 6.31. The summed E-state index contributed by atoms with van der Waals surface area (Å²) < 4.78 is 0. The number of hydrogen-bond donors (Lipinski definition) is 0. The molecular weight excluding hydrogens is 311 g/mol. The lowest BCUT2D eigenvalue weighted by atomic mass is 9.59. The van der Waals surface area contributed by atoms with Crippen LogP contribution in [0.15, 0.2) is 24.3 Å². The maximum atomic E-state index is 6.84. The highest BCUT2D eigenvalue weighted by Gasteiger charge is 2.50. The van der Waals surface area contributed by atoms with E-state index in [-0.39, 0.29) is 22.6 Å². The maximum absolute atomic E-state index is 6.84. The molecule has 0 aromatic heterocycles. The summed E-state index contributed by atoms with van der Waals surface area (Å²) in [5, 5.41) is -0.0691. The number of hydrogen-bond acceptors (Lipinski definition) is 0. The summed E-state index contributed by atoms with van der Waals surface area (Å²) in [6, 6.07) is 8.91. The predicted molar refractivity (Wildman–Crippen MR) is 94.8 cm³/mol. The van der Waals surface area contributed by atoms with Gasteiger partial charge in [0.05, 0.1) is 10.8 Å².